The largest absolute Gasteiger partial charge is 0.456 e. The van der Waals surface area contributed by atoms with Crippen LogP contribution in [0.4, 0.5) is 17.1 Å². The van der Waals surface area contributed by atoms with E-state index in [-0.39, 0.29) is 0 Å². The Kier molecular flexibility index (Phi) is 6.84. The first-order valence-electron chi connectivity index (χ1n) is 16.3. The van der Waals surface area contributed by atoms with Gasteiger partial charge in [0.1, 0.15) is 11.2 Å². The summed E-state index contributed by atoms with van der Waals surface area (Å²) in [6.07, 6.45) is 0. The lowest BCUT2D eigenvalue weighted by Crippen LogP contribution is -2.11. The van der Waals surface area contributed by atoms with Gasteiger partial charge in [0.05, 0.1) is 5.69 Å². The molecule has 0 spiro atoms. The first-order valence-corrected chi connectivity index (χ1v) is 16.3. The Hall–Kier alpha value is -6.38. The summed E-state index contributed by atoms with van der Waals surface area (Å²) in [6, 6.07) is 66.9. The molecule has 0 amide bonds. The van der Waals surface area contributed by atoms with E-state index < -0.39 is 0 Å². The minimum atomic E-state index is 0.924. The fourth-order valence-electron chi connectivity index (χ4n) is 6.93. The molecule has 0 radical (unpaired) electrons. The minimum Gasteiger partial charge on any atom is -0.456 e. The molecule has 0 N–H and O–H groups in total. The quantitative estimate of drug-likeness (QED) is 0.185. The Morgan fingerprint density at radius 1 is 0.354 bits per heavy atom. The fourth-order valence-corrected chi connectivity index (χ4v) is 6.93. The zero-order valence-corrected chi connectivity index (χ0v) is 26.3. The Labute approximate surface area is 279 Å². The van der Waals surface area contributed by atoms with Gasteiger partial charge < -0.3 is 9.32 Å². The minimum absolute atomic E-state index is 0.924. The maximum atomic E-state index is 6.14. The molecule has 1 aromatic heterocycles. The maximum absolute atomic E-state index is 6.14. The molecule has 0 bridgehead atoms. The van der Waals surface area contributed by atoms with Crippen molar-refractivity contribution >= 4 is 49.8 Å². The van der Waals surface area contributed by atoms with Gasteiger partial charge in [0, 0.05) is 27.7 Å². The summed E-state index contributed by atoms with van der Waals surface area (Å²) < 4.78 is 6.14. The van der Waals surface area contributed by atoms with Crippen molar-refractivity contribution in [2.75, 3.05) is 4.90 Å². The van der Waals surface area contributed by atoms with Crippen LogP contribution < -0.4 is 4.90 Å². The summed E-state index contributed by atoms with van der Waals surface area (Å²) in [5, 5.41) is 4.74. The second-order valence-corrected chi connectivity index (χ2v) is 12.2. The van der Waals surface area contributed by atoms with E-state index in [2.05, 4.69) is 181 Å². The predicted octanol–water partition coefficient (Wildman–Crippen LogP) is 13.2. The number of furan rings is 1. The van der Waals surface area contributed by atoms with Gasteiger partial charge in [-0.2, -0.15) is 0 Å². The van der Waals surface area contributed by atoms with Crippen LogP contribution in [0.25, 0.3) is 66.1 Å². The molecule has 2 nitrogen and oxygen atoms in total. The third-order valence-corrected chi connectivity index (χ3v) is 9.28. The normalized spacial score (nSPS) is 11.3. The SMILES string of the molecule is c1ccc(-c2ccc(N(c3ccc(-c4ccc5c(ccc6oc7ccccc7c65)c4)cc3)c3ccccc3-c3ccccc3)cc2)cc1. The molecule has 2 heteroatoms. The van der Waals surface area contributed by atoms with Crippen molar-refractivity contribution in [2.45, 2.75) is 0 Å². The Morgan fingerprint density at radius 3 is 1.65 bits per heavy atom. The molecule has 0 atom stereocenters. The van der Waals surface area contributed by atoms with Crippen molar-refractivity contribution in [3.8, 4) is 33.4 Å². The van der Waals surface area contributed by atoms with Crippen molar-refractivity contribution in [2.24, 2.45) is 0 Å². The Bertz CT molecular complexity index is 2530. The highest BCUT2D eigenvalue weighted by Crippen LogP contribution is 2.42. The van der Waals surface area contributed by atoms with Crippen LogP contribution in [-0.2, 0) is 0 Å². The van der Waals surface area contributed by atoms with E-state index in [1.165, 1.54) is 49.5 Å². The number of fused-ring (bicyclic) bond motifs is 5. The van der Waals surface area contributed by atoms with Crippen LogP contribution in [0, 0.1) is 0 Å². The van der Waals surface area contributed by atoms with Crippen molar-refractivity contribution in [3.05, 3.63) is 188 Å². The van der Waals surface area contributed by atoms with Crippen LogP contribution in [-0.4, -0.2) is 0 Å². The van der Waals surface area contributed by atoms with Gasteiger partial charge in [-0.3, -0.25) is 0 Å². The summed E-state index contributed by atoms with van der Waals surface area (Å²) in [7, 11) is 0. The van der Waals surface area contributed by atoms with E-state index in [9.17, 15) is 0 Å². The highest BCUT2D eigenvalue weighted by Gasteiger charge is 2.18. The lowest BCUT2D eigenvalue weighted by Gasteiger charge is -2.28. The monoisotopic (exact) mass is 613 g/mol. The molecule has 0 fully saturated rings. The summed E-state index contributed by atoms with van der Waals surface area (Å²) in [6.45, 7) is 0. The molecule has 9 rings (SSSR count). The van der Waals surface area contributed by atoms with Crippen molar-refractivity contribution < 1.29 is 4.42 Å². The molecule has 0 aliphatic heterocycles. The number of benzene rings is 8. The molecule has 48 heavy (non-hydrogen) atoms. The van der Waals surface area contributed by atoms with E-state index in [0.29, 0.717) is 0 Å². The van der Waals surface area contributed by atoms with E-state index >= 15 is 0 Å². The highest BCUT2D eigenvalue weighted by molar-refractivity contribution is 6.19. The zero-order valence-electron chi connectivity index (χ0n) is 26.3. The van der Waals surface area contributed by atoms with Gasteiger partial charge in [-0.05, 0) is 87.1 Å². The fraction of sp³-hybridized carbons (Fsp3) is 0. The van der Waals surface area contributed by atoms with Gasteiger partial charge >= 0.3 is 0 Å². The van der Waals surface area contributed by atoms with Gasteiger partial charge in [0.15, 0.2) is 0 Å². The number of rotatable bonds is 6. The molecule has 0 unspecified atom stereocenters. The van der Waals surface area contributed by atoms with Gasteiger partial charge in [0.2, 0.25) is 0 Å². The van der Waals surface area contributed by atoms with E-state index in [4.69, 9.17) is 4.42 Å². The molecular weight excluding hydrogens is 583 g/mol. The van der Waals surface area contributed by atoms with Crippen molar-refractivity contribution in [1.29, 1.82) is 0 Å². The summed E-state index contributed by atoms with van der Waals surface area (Å²) in [5.41, 5.74) is 12.3. The average molecular weight is 614 g/mol. The van der Waals surface area contributed by atoms with Gasteiger partial charge in [-0.25, -0.2) is 0 Å². The highest BCUT2D eigenvalue weighted by atomic mass is 16.3. The van der Waals surface area contributed by atoms with Gasteiger partial charge in [-0.15, -0.1) is 0 Å². The van der Waals surface area contributed by atoms with Crippen LogP contribution in [0.1, 0.15) is 0 Å². The second kappa shape index (κ2) is 11.8. The van der Waals surface area contributed by atoms with Crippen LogP contribution >= 0.6 is 0 Å². The third-order valence-electron chi connectivity index (χ3n) is 9.28. The number of hydrogen-bond acceptors (Lipinski definition) is 2. The van der Waals surface area contributed by atoms with E-state index in [0.717, 1.165) is 33.6 Å². The standard InChI is InChI=1S/C46H31NO/c1-3-11-32(12-4-1)33-19-25-38(26-20-33)47(43-17-9-7-15-40(43)35-13-5-2-6-14-35)39-27-21-34(22-28-39)36-23-29-41-37(31-36)24-30-45-46(41)42-16-8-10-18-44(42)48-45/h1-31H. The smallest absolute Gasteiger partial charge is 0.136 e. The number of hydrogen-bond donors (Lipinski definition) is 0. The Morgan fingerprint density at radius 2 is 0.917 bits per heavy atom. The molecule has 9 aromatic rings. The lowest BCUT2D eigenvalue weighted by molar-refractivity contribution is 0.669. The van der Waals surface area contributed by atoms with Crippen molar-refractivity contribution in [1.82, 2.24) is 0 Å². The summed E-state index contributed by atoms with van der Waals surface area (Å²) >= 11 is 0. The molecule has 0 saturated carbocycles. The first-order chi connectivity index (χ1) is 23.8. The molecule has 0 aliphatic carbocycles. The second-order valence-electron chi connectivity index (χ2n) is 12.2. The van der Waals surface area contributed by atoms with Crippen LogP contribution in [0.3, 0.4) is 0 Å². The first kappa shape index (κ1) is 27.9. The molecule has 226 valence electrons. The number of para-hydroxylation sites is 2. The topological polar surface area (TPSA) is 16.4 Å². The lowest BCUT2D eigenvalue weighted by atomic mass is 9.98. The van der Waals surface area contributed by atoms with E-state index in [1.54, 1.807) is 0 Å². The number of anilines is 3. The number of nitrogens with zero attached hydrogens (tertiary/aromatic N) is 1. The van der Waals surface area contributed by atoms with Crippen LogP contribution in [0.2, 0.25) is 0 Å². The Balaban J connectivity index is 1.13. The molecule has 0 aliphatic rings. The van der Waals surface area contributed by atoms with Gasteiger partial charge in [0.25, 0.3) is 0 Å². The van der Waals surface area contributed by atoms with Crippen molar-refractivity contribution in [3.63, 3.8) is 0 Å². The maximum Gasteiger partial charge on any atom is 0.136 e. The third kappa shape index (κ3) is 4.92. The van der Waals surface area contributed by atoms with Crippen LogP contribution in [0.15, 0.2) is 192 Å². The molecular formula is C46H31NO. The van der Waals surface area contributed by atoms with Gasteiger partial charge in [-0.1, -0.05) is 140 Å². The summed E-state index contributed by atoms with van der Waals surface area (Å²) in [5.74, 6) is 0. The van der Waals surface area contributed by atoms with Crippen LogP contribution in [0.5, 0.6) is 0 Å². The molecule has 1 heterocycles. The van der Waals surface area contributed by atoms with E-state index in [1.807, 2.05) is 12.1 Å². The average Bonchev–Trinajstić information content (AvgIpc) is 3.56. The zero-order chi connectivity index (χ0) is 31.9. The predicted molar refractivity (Wildman–Crippen MR) is 202 cm³/mol. The molecule has 8 aromatic carbocycles. The summed E-state index contributed by atoms with van der Waals surface area (Å²) in [4.78, 5) is 2.36. The molecule has 0 saturated heterocycles.